The van der Waals surface area contributed by atoms with Crippen molar-refractivity contribution in [1.29, 1.82) is 0 Å². The molecule has 2 N–H and O–H groups in total. The molecule has 1 heterocycles. The molecule has 0 aromatic heterocycles. The molecule has 0 spiro atoms. The number of urea groups is 1. The van der Waals surface area contributed by atoms with Crippen molar-refractivity contribution in [3.8, 4) is 0 Å². The summed E-state index contributed by atoms with van der Waals surface area (Å²) in [5.41, 5.74) is -0.0261. The molecule has 2 rings (SSSR count). The molecule has 0 bridgehead atoms. The highest BCUT2D eigenvalue weighted by Gasteiger charge is 2.33. The number of nitrogens with one attached hydrogen (secondary N) is 2. The van der Waals surface area contributed by atoms with Gasteiger partial charge in [-0.3, -0.25) is 0 Å². The molecule has 1 aliphatic rings. The molecule has 0 aliphatic carbocycles. The molecule has 1 atom stereocenters. The predicted octanol–water partition coefficient (Wildman–Crippen LogP) is 2.51. The van der Waals surface area contributed by atoms with Gasteiger partial charge in [-0.2, -0.15) is 13.2 Å². The molecule has 0 saturated carbocycles. The second-order valence-corrected chi connectivity index (χ2v) is 4.68. The first-order valence-electron chi connectivity index (χ1n) is 6.27. The molecule has 1 aromatic rings. The summed E-state index contributed by atoms with van der Waals surface area (Å²) in [5.74, 6) is -0.671. The first-order chi connectivity index (χ1) is 10.2. The van der Waals surface area contributed by atoms with Crippen LogP contribution in [-0.4, -0.2) is 19.1 Å². The van der Waals surface area contributed by atoms with Crippen molar-refractivity contribution >= 4 is 12.0 Å². The van der Waals surface area contributed by atoms with Gasteiger partial charge >= 0.3 is 18.2 Å². The highest BCUT2D eigenvalue weighted by Crippen LogP contribution is 2.32. The Morgan fingerprint density at radius 2 is 1.82 bits per heavy atom. The number of hydrogen-bond donors (Lipinski definition) is 2. The highest BCUT2D eigenvalue weighted by atomic mass is 19.4. The fourth-order valence-electron chi connectivity index (χ4n) is 2.19. The topological polar surface area (TPSA) is 67.4 Å². The van der Waals surface area contributed by atoms with Gasteiger partial charge in [0.2, 0.25) is 0 Å². The summed E-state index contributed by atoms with van der Waals surface area (Å²) in [4.78, 5) is 23.4. The molecule has 1 aromatic carbocycles. The summed E-state index contributed by atoms with van der Waals surface area (Å²) in [6, 6.07) is 2.81. The normalized spacial score (nSPS) is 18.6. The van der Waals surface area contributed by atoms with Crippen LogP contribution >= 0.6 is 0 Å². The van der Waals surface area contributed by atoms with E-state index < -0.39 is 29.8 Å². The third kappa shape index (κ3) is 3.05. The standard InChI is InChI=1S/C14H13F3N2O3/c1-7-10(12(20)22-2)11(19-13(21)18-7)8-3-5-9(6-4-8)14(15,16)17/h3-6,11H,1-2H3,(H2,18,19,21)/t11-/m0/s1. The Bertz CT molecular complexity index is 636. The number of alkyl halides is 3. The van der Waals surface area contributed by atoms with Crippen LogP contribution in [0.4, 0.5) is 18.0 Å². The first-order valence-corrected chi connectivity index (χ1v) is 6.27. The highest BCUT2D eigenvalue weighted by molar-refractivity contribution is 5.94. The molecule has 118 valence electrons. The minimum absolute atomic E-state index is 0.141. The zero-order chi connectivity index (χ0) is 16.5. The van der Waals surface area contributed by atoms with E-state index in [2.05, 4.69) is 15.4 Å². The lowest BCUT2D eigenvalue weighted by atomic mass is 9.95. The summed E-state index contributed by atoms with van der Waals surface area (Å²) in [5, 5.41) is 4.93. The quantitative estimate of drug-likeness (QED) is 0.824. The fraction of sp³-hybridized carbons (Fsp3) is 0.286. The maximum absolute atomic E-state index is 12.6. The monoisotopic (exact) mass is 314 g/mol. The number of methoxy groups -OCH3 is 1. The summed E-state index contributed by atoms with van der Waals surface area (Å²) >= 11 is 0. The van der Waals surface area contributed by atoms with E-state index in [4.69, 9.17) is 0 Å². The van der Waals surface area contributed by atoms with Gasteiger partial charge in [-0.1, -0.05) is 12.1 Å². The third-order valence-electron chi connectivity index (χ3n) is 3.25. The smallest absolute Gasteiger partial charge is 0.416 e. The molecule has 0 radical (unpaired) electrons. The van der Waals surface area contributed by atoms with Crippen molar-refractivity contribution in [2.45, 2.75) is 19.1 Å². The van der Waals surface area contributed by atoms with E-state index in [1.165, 1.54) is 26.2 Å². The van der Waals surface area contributed by atoms with Gasteiger partial charge in [0.1, 0.15) is 0 Å². The molecule has 0 unspecified atom stereocenters. The molecule has 2 amide bonds. The van der Waals surface area contributed by atoms with Gasteiger partial charge in [0.15, 0.2) is 0 Å². The Kier molecular flexibility index (Phi) is 4.11. The van der Waals surface area contributed by atoms with E-state index in [1.807, 2.05) is 0 Å². The minimum atomic E-state index is -4.45. The molecule has 8 heteroatoms. The summed E-state index contributed by atoms with van der Waals surface area (Å²) in [7, 11) is 1.18. The van der Waals surface area contributed by atoms with Crippen LogP contribution in [-0.2, 0) is 15.7 Å². The largest absolute Gasteiger partial charge is 0.466 e. The van der Waals surface area contributed by atoms with E-state index in [0.717, 1.165) is 12.1 Å². The second kappa shape index (κ2) is 5.70. The van der Waals surface area contributed by atoms with Crippen LogP contribution in [0, 0.1) is 0 Å². The molecule has 1 aliphatic heterocycles. The minimum Gasteiger partial charge on any atom is -0.466 e. The van der Waals surface area contributed by atoms with Crippen molar-refractivity contribution in [3.63, 3.8) is 0 Å². The maximum atomic E-state index is 12.6. The lowest BCUT2D eigenvalue weighted by molar-refractivity contribution is -0.138. The fourth-order valence-corrected chi connectivity index (χ4v) is 2.19. The molecule has 0 saturated heterocycles. The van der Waals surface area contributed by atoms with E-state index in [0.29, 0.717) is 11.3 Å². The average molecular weight is 314 g/mol. The summed E-state index contributed by atoms with van der Waals surface area (Å²) < 4.78 is 42.4. The number of amides is 2. The number of carbonyl (C=O) groups excluding carboxylic acids is 2. The molecule has 0 fully saturated rings. The van der Waals surface area contributed by atoms with Gasteiger partial charge in [-0.15, -0.1) is 0 Å². The molecule has 5 nitrogen and oxygen atoms in total. The van der Waals surface area contributed by atoms with Gasteiger partial charge in [-0.05, 0) is 24.6 Å². The Morgan fingerprint density at radius 1 is 1.23 bits per heavy atom. The second-order valence-electron chi connectivity index (χ2n) is 4.68. The zero-order valence-corrected chi connectivity index (χ0v) is 11.7. The van der Waals surface area contributed by atoms with Crippen molar-refractivity contribution in [2.24, 2.45) is 0 Å². The number of carbonyl (C=O) groups is 2. The van der Waals surface area contributed by atoms with Gasteiger partial charge in [0, 0.05) is 5.70 Å². The number of rotatable bonds is 2. The summed E-state index contributed by atoms with van der Waals surface area (Å²) in [6.45, 7) is 1.52. The average Bonchev–Trinajstić information content (AvgIpc) is 2.45. The van der Waals surface area contributed by atoms with Crippen molar-refractivity contribution in [2.75, 3.05) is 7.11 Å². The molecule has 22 heavy (non-hydrogen) atoms. The van der Waals surface area contributed by atoms with Crippen LogP contribution in [0.5, 0.6) is 0 Å². The van der Waals surface area contributed by atoms with Gasteiger partial charge < -0.3 is 15.4 Å². The van der Waals surface area contributed by atoms with Crippen molar-refractivity contribution in [3.05, 3.63) is 46.7 Å². The molecular formula is C14H13F3N2O3. The van der Waals surface area contributed by atoms with Crippen LogP contribution in [0.1, 0.15) is 24.1 Å². The number of halogens is 3. The Balaban J connectivity index is 2.42. The number of ether oxygens (including phenoxy) is 1. The van der Waals surface area contributed by atoms with Crippen LogP contribution in [0.3, 0.4) is 0 Å². The van der Waals surface area contributed by atoms with Gasteiger partial charge in [-0.25, -0.2) is 9.59 Å². The Morgan fingerprint density at radius 3 is 2.32 bits per heavy atom. The lowest BCUT2D eigenvalue weighted by Gasteiger charge is -2.28. The number of allylic oxidation sites excluding steroid dienone is 1. The van der Waals surface area contributed by atoms with Crippen LogP contribution < -0.4 is 10.6 Å². The van der Waals surface area contributed by atoms with Crippen LogP contribution in [0.15, 0.2) is 35.5 Å². The Hall–Kier alpha value is -2.51. The van der Waals surface area contributed by atoms with E-state index in [-0.39, 0.29) is 5.57 Å². The SMILES string of the molecule is COC(=O)C1=C(C)NC(=O)N[C@H]1c1ccc(C(F)(F)F)cc1. The van der Waals surface area contributed by atoms with Gasteiger partial charge in [0.25, 0.3) is 0 Å². The Labute approximate surface area is 124 Å². The van der Waals surface area contributed by atoms with Crippen molar-refractivity contribution < 1.29 is 27.5 Å². The van der Waals surface area contributed by atoms with Gasteiger partial charge in [0.05, 0.1) is 24.3 Å². The lowest BCUT2D eigenvalue weighted by Crippen LogP contribution is -2.45. The number of esters is 1. The number of benzene rings is 1. The predicted molar refractivity (Wildman–Crippen MR) is 70.6 cm³/mol. The number of hydrogen-bond acceptors (Lipinski definition) is 3. The third-order valence-corrected chi connectivity index (χ3v) is 3.25. The van der Waals surface area contributed by atoms with Crippen molar-refractivity contribution in [1.82, 2.24) is 10.6 Å². The van der Waals surface area contributed by atoms with E-state index in [9.17, 15) is 22.8 Å². The summed E-state index contributed by atoms with van der Waals surface area (Å²) in [6.07, 6.45) is -4.45. The maximum Gasteiger partial charge on any atom is 0.416 e. The van der Waals surface area contributed by atoms with Crippen LogP contribution in [0.25, 0.3) is 0 Å². The molecular weight excluding hydrogens is 301 g/mol. The first kappa shape index (κ1) is 15.9. The van der Waals surface area contributed by atoms with E-state index in [1.54, 1.807) is 0 Å². The zero-order valence-electron chi connectivity index (χ0n) is 11.7. The van der Waals surface area contributed by atoms with Crippen LogP contribution in [0.2, 0.25) is 0 Å². The van der Waals surface area contributed by atoms with E-state index >= 15 is 0 Å².